The molecule has 2 heterocycles. The highest BCUT2D eigenvalue weighted by Gasteiger charge is 2.41. The Kier molecular flexibility index (Phi) is 9.30. The van der Waals surface area contributed by atoms with Gasteiger partial charge in [0.25, 0.3) is 0 Å². The van der Waals surface area contributed by atoms with Gasteiger partial charge in [0.2, 0.25) is 0 Å². The molecule has 1 saturated carbocycles. The Labute approximate surface area is 370 Å². The van der Waals surface area contributed by atoms with Crippen molar-refractivity contribution in [3.63, 3.8) is 0 Å². The highest BCUT2D eigenvalue weighted by atomic mass is 28.3. The lowest BCUT2D eigenvalue weighted by molar-refractivity contribution is 0.444. The monoisotopic (exact) mass is 824 g/mol. The van der Waals surface area contributed by atoms with Crippen molar-refractivity contribution in [1.29, 1.82) is 0 Å². The van der Waals surface area contributed by atoms with Crippen molar-refractivity contribution in [2.45, 2.75) is 38.0 Å². The van der Waals surface area contributed by atoms with Gasteiger partial charge in [-0.2, -0.15) is 0 Å². The van der Waals surface area contributed by atoms with Gasteiger partial charge in [-0.15, -0.1) is 0 Å². The molecule has 1 aliphatic rings. The molecule has 0 radical (unpaired) electrons. The molecule has 0 unspecified atom stereocenters. The molecule has 1 aliphatic carbocycles. The van der Waals surface area contributed by atoms with E-state index in [1.54, 1.807) is 0 Å². The van der Waals surface area contributed by atoms with Gasteiger partial charge in [-0.05, 0) is 98.7 Å². The maximum atomic E-state index is 2.51. The van der Waals surface area contributed by atoms with Gasteiger partial charge in [0.1, 0.15) is 0 Å². The molecule has 0 atom stereocenters. The quantitative estimate of drug-likeness (QED) is 0.107. The highest BCUT2D eigenvalue weighted by Crippen LogP contribution is 2.40. The number of hydrogen-bond acceptors (Lipinski definition) is 0. The van der Waals surface area contributed by atoms with Crippen LogP contribution in [0.1, 0.15) is 43.6 Å². The maximum absolute atomic E-state index is 2.62. The molecule has 0 saturated heterocycles. The minimum Gasteiger partial charge on any atom is -0.309 e. The molecule has 0 aliphatic heterocycles. The van der Waals surface area contributed by atoms with Crippen LogP contribution in [0.15, 0.2) is 224 Å². The summed E-state index contributed by atoms with van der Waals surface area (Å²) < 4.78 is 4.99. The fourth-order valence-corrected chi connectivity index (χ4v) is 15.9. The molecule has 0 N–H and O–H groups in total. The summed E-state index contributed by atoms with van der Waals surface area (Å²) in [5.41, 5.74) is 11.2. The second-order valence-corrected chi connectivity index (χ2v) is 21.3. The van der Waals surface area contributed by atoms with Crippen LogP contribution in [0.4, 0.5) is 0 Å². The highest BCUT2D eigenvalue weighted by molar-refractivity contribution is 7.19. The van der Waals surface area contributed by atoms with E-state index in [0.29, 0.717) is 5.92 Å². The summed E-state index contributed by atoms with van der Waals surface area (Å²) in [7, 11) is -2.62. The molecule has 3 heteroatoms. The molecule has 63 heavy (non-hydrogen) atoms. The fourth-order valence-electron chi connectivity index (χ4n) is 11.1. The van der Waals surface area contributed by atoms with E-state index in [1.807, 2.05) is 0 Å². The standard InChI is InChI=1S/C60H48N2Si/c1-5-18-43(19-6-1)46-34-38-55-53-28-13-16-31-58(53)62(59(55)41-46)48-35-39-56-54-29-14-15-30-57(54)61(60(56)42-48)47-21-17-20-45(40-47)44-32-36-52(37-33-44)63(49-22-7-2-8-23-49,50-24-9-3-10-25-50)51-26-11-4-12-27-51/h2-4,7-17,20-43H,1,5-6,18-19H2. The molecule has 1 fully saturated rings. The number of para-hydroxylation sites is 2. The summed E-state index contributed by atoms with van der Waals surface area (Å²) in [6, 6.07) is 84.4. The number of fused-ring (bicyclic) bond motifs is 6. The zero-order valence-electron chi connectivity index (χ0n) is 35.4. The lowest BCUT2D eigenvalue weighted by Gasteiger charge is -2.34. The number of aromatic nitrogens is 2. The third-order valence-electron chi connectivity index (χ3n) is 14.1. The second kappa shape index (κ2) is 15.6. The largest absolute Gasteiger partial charge is 0.309 e. The summed E-state index contributed by atoms with van der Waals surface area (Å²) in [5, 5.41) is 10.7. The summed E-state index contributed by atoms with van der Waals surface area (Å²) >= 11 is 0. The van der Waals surface area contributed by atoms with Crippen molar-refractivity contribution in [3.8, 4) is 22.5 Å². The minimum absolute atomic E-state index is 0.643. The Morgan fingerprint density at radius 3 is 1.38 bits per heavy atom. The van der Waals surface area contributed by atoms with Crippen LogP contribution in [0.5, 0.6) is 0 Å². The lowest BCUT2D eigenvalue weighted by atomic mass is 9.84. The van der Waals surface area contributed by atoms with Crippen LogP contribution in [0.3, 0.4) is 0 Å². The SMILES string of the molecule is c1ccc([Si](c2ccccc2)(c2ccccc2)c2ccc(-c3cccc(-n4c5ccccc5c5ccc(-n6c7ccccc7c7ccc(C8CCCCC8)cc76)cc54)c3)cc2)cc1. The predicted octanol–water partition coefficient (Wildman–Crippen LogP) is 13.0. The fraction of sp³-hybridized carbons (Fsp3) is 0.100. The molecular weight excluding hydrogens is 777 g/mol. The Bertz CT molecular complexity index is 3320. The van der Waals surface area contributed by atoms with Gasteiger partial charge in [-0.1, -0.05) is 201 Å². The average Bonchev–Trinajstić information content (AvgIpc) is 3.88. The zero-order chi connectivity index (χ0) is 41.7. The van der Waals surface area contributed by atoms with E-state index in [2.05, 4.69) is 234 Å². The van der Waals surface area contributed by atoms with Crippen molar-refractivity contribution in [3.05, 3.63) is 230 Å². The molecule has 9 aromatic carbocycles. The van der Waals surface area contributed by atoms with E-state index < -0.39 is 8.07 Å². The van der Waals surface area contributed by atoms with Crippen LogP contribution in [-0.2, 0) is 0 Å². The molecule has 0 bridgehead atoms. The zero-order valence-corrected chi connectivity index (χ0v) is 36.4. The molecule has 302 valence electrons. The smallest absolute Gasteiger partial charge is 0.179 e. The molecule has 0 amide bonds. The molecule has 2 nitrogen and oxygen atoms in total. The van der Waals surface area contributed by atoms with E-state index in [1.165, 1.54) is 119 Å². The number of benzene rings is 9. The van der Waals surface area contributed by atoms with E-state index in [0.717, 1.165) is 5.69 Å². The van der Waals surface area contributed by atoms with Crippen LogP contribution >= 0.6 is 0 Å². The Hall–Kier alpha value is -7.20. The van der Waals surface area contributed by atoms with Crippen molar-refractivity contribution < 1.29 is 0 Å². The minimum atomic E-state index is -2.62. The molecule has 0 spiro atoms. The predicted molar refractivity (Wildman–Crippen MR) is 270 cm³/mol. The molecular formula is C60H48N2Si. The van der Waals surface area contributed by atoms with Crippen LogP contribution in [0.2, 0.25) is 0 Å². The van der Waals surface area contributed by atoms with Crippen molar-refractivity contribution in [1.82, 2.24) is 9.13 Å². The van der Waals surface area contributed by atoms with Gasteiger partial charge in [-0.25, -0.2) is 0 Å². The summed E-state index contributed by atoms with van der Waals surface area (Å²) in [6.45, 7) is 0. The van der Waals surface area contributed by atoms with Crippen LogP contribution < -0.4 is 20.7 Å². The van der Waals surface area contributed by atoms with E-state index >= 15 is 0 Å². The van der Waals surface area contributed by atoms with Crippen molar-refractivity contribution in [2.24, 2.45) is 0 Å². The van der Waals surface area contributed by atoms with Gasteiger partial charge in [0.05, 0.1) is 22.1 Å². The van der Waals surface area contributed by atoms with Crippen molar-refractivity contribution >= 4 is 72.4 Å². The molecule has 11 aromatic rings. The van der Waals surface area contributed by atoms with E-state index in [4.69, 9.17) is 0 Å². The van der Waals surface area contributed by atoms with Crippen LogP contribution in [0, 0.1) is 0 Å². The first kappa shape index (κ1) is 37.5. The van der Waals surface area contributed by atoms with Gasteiger partial charge in [0, 0.05) is 32.9 Å². The first-order chi connectivity index (χ1) is 31.3. The topological polar surface area (TPSA) is 9.86 Å². The van der Waals surface area contributed by atoms with Crippen LogP contribution in [-0.4, -0.2) is 17.2 Å². The normalized spacial score (nSPS) is 13.7. The van der Waals surface area contributed by atoms with E-state index in [9.17, 15) is 0 Å². The van der Waals surface area contributed by atoms with E-state index in [-0.39, 0.29) is 0 Å². The first-order valence-electron chi connectivity index (χ1n) is 22.7. The Morgan fingerprint density at radius 1 is 0.317 bits per heavy atom. The van der Waals surface area contributed by atoms with Gasteiger partial charge in [0.15, 0.2) is 8.07 Å². The third kappa shape index (κ3) is 6.21. The lowest BCUT2D eigenvalue weighted by Crippen LogP contribution is -2.74. The average molecular weight is 825 g/mol. The number of rotatable bonds is 8. The molecule has 2 aromatic heterocycles. The number of nitrogens with zero attached hydrogens (tertiary/aromatic N) is 2. The van der Waals surface area contributed by atoms with Crippen LogP contribution in [0.25, 0.3) is 66.1 Å². The first-order valence-corrected chi connectivity index (χ1v) is 24.7. The van der Waals surface area contributed by atoms with Crippen molar-refractivity contribution in [2.75, 3.05) is 0 Å². The van der Waals surface area contributed by atoms with Gasteiger partial charge >= 0.3 is 0 Å². The third-order valence-corrected chi connectivity index (χ3v) is 18.9. The summed E-state index contributed by atoms with van der Waals surface area (Å²) in [5.74, 6) is 0.643. The Balaban J connectivity index is 0.997. The number of hydrogen-bond donors (Lipinski definition) is 0. The summed E-state index contributed by atoms with van der Waals surface area (Å²) in [4.78, 5) is 0. The summed E-state index contributed by atoms with van der Waals surface area (Å²) in [6.07, 6.45) is 6.61. The van der Waals surface area contributed by atoms with Gasteiger partial charge in [-0.3, -0.25) is 0 Å². The molecule has 12 rings (SSSR count). The second-order valence-electron chi connectivity index (χ2n) is 17.5. The maximum Gasteiger partial charge on any atom is 0.179 e. The van der Waals surface area contributed by atoms with Gasteiger partial charge < -0.3 is 9.13 Å². The Morgan fingerprint density at radius 2 is 0.794 bits per heavy atom.